The molecule has 0 aromatic rings. The molecule has 2 N–H and O–H groups in total. The second-order valence-corrected chi connectivity index (χ2v) is 5.23. The van der Waals surface area contributed by atoms with E-state index < -0.39 is 6.10 Å². The number of β-amino-alcohol motifs (C(OH)–C–C–N with tert-alkyl or cyclic N) is 1. The van der Waals surface area contributed by atoms with E-state index in [1.54, 1.807) is 7.05 Å². The molecule has 6 nitrogen and oxygen atoms in total. The Hall–Kier alpha value is -1.14. The van der Waals surface area contributed by atoms with Gasteiger partial charge in [0.25, 0.3) is 0 Å². The van der Waals surface area contributed by atoms with Crippen LogP contribution in [-0.4, -0.2) is 72.6 Å². The minimum Gasteiger partial charge on any atom is -0.390 e. The van der Waals surface area contributed by atoms with Crippen LogP contribution < -0.4 is 5.32 Å². The summed E-state index contributed by atoms with van der Waals surface area (Å²) in [5.41, 5.74) is 0. The third-order valence-corrected chi connectivity index (χ3v) is 2.84. The first-order valence-corrected chi connectivity index (χ1v) is 6.30. The normalized spacial score (nSPS) is 18.7. The monoisotopic (exact) mass is 257 g/mol. The van der Waals surface area contributed by atoms with Crippen molar-refractivity contribution >= 4 is 11.8 Å². The molecule has 1 saturated heterocycles. The first-order chi connectivity index (χ1) is 8.40. The molecule has 0 aromatic carbocycles. The molecule has 0 bridgehead atoms. The Morgan fingerprint density at radius 2 is 1.89 bits per heavy atom. The predicted octanol–water partition coefficient (Wildman–Crippen LogP) is -1.11. The molecular weight excluding hydrogens is 234 g/mol. The van der Waals surface area contributed by atoms with Crippen LogP contribution in [0.2, 0.25) is 0 Å². The van der Waals surface area contributed by atoms with Crippen LogP contribution in [0.3, 0.4) is 0 Å². The molecule has 0 radical (unpaired) electrons. The van der Waals surface area contributed by atoms with Crippen molar-refractivity contribution in [3.63, 3.8) is 0 Å². The number of nitrogens with one attached hydrogen (secondary N) is 1. The molecule has 1 fully saturated rings. The van der Waals surface area contributed by atoms with Crippen LogP contribution in [0.1, 0.15) is 13.8 Å². The van der Waals surface area contributed by atoms with Crippen molar-refractivity contribution < 1.29 is 14.7 Å². The Bertz CT molecular complexity index is 307. The summed E-state index contributed by atoms with van der Waals surface area (Å²) >= 11 is 0. The van der Waals surface area contributed by atoms with Gasteiger partial charge in [-0.05, 0) is 12.5 Å². The standard InChI is InChI=1S/C12H23N3O3/c1-9(2)4-13-5-10(16)6-15-8-11(17)14(3)7-12(15)18/h9-10,13,16H,4-8H2,1-3H3. The van der Waals surface area contributed by atoms with Crippen LogP contribution in [0.5, 0.6) is 0 Å². The Morgan fingerprint density at radius 1 is 1.22 bits per heavy atom. The van der Waals surface area contributed by atoms with Gasteiger partial charge in [-0.15, -0.1) is 0 Å². The van der Waals surface area contributed by atoms with Gasteiger partial charge in [-0.3, -0.25) is 9.59 Å². The topological polar surface area (TPSA) is 72.9 Å². The minimum absolute atomic E-state index is 0.0660. The molecule has 1 unspecified atom stereocenters. The van der Waals surface area contributed by atoms with Crippen LogP contribution in [0.4, 0.5) is 0 Å². The van der Waals surface area contributed by atoms with Crippen LogP contribution in [-0.2, 0) is 9.59 Å². The summed E-state index contributed by atoms with van der Waals surface area (Å²) in [4.78, 5) is 26.0. The minimum atomic E-state index is -0.635. The molecule has 1 rings (SSSR count). The highest BCUT2D eigenvalue weighted by Crippen LogP contribution is 2.03. The molecule has 0 saturated carbocycles. The number of rotatable bonds is 6. The molecule has 1 aliphatic rings. The zero-order valence-corrected chi connectivity index (χ0v) is 11.3. The van der Waals surface area contributed by atoms with Crippen LogP contribution in [0.25, 0.3) is 0 Å². The van der Waals surface area contributed by atoms with Gasteiger partial charge in [0.1, 0.15) is 0 Å². The van der Waals surface area contributed by atoms with E-state index in [1.165, 1.54) is 9.80 Å². The number of amides is 2. The smallest absolute Gasteiger partial charge is 0.242 e. The third-order valence-electron chi connectivity index (χ3n) is 2.84. The first-order valence-electron chi connectivity index (χ1n) is 6.30. The van der Waals surface area contributed by atoms with Crippen molar-refractivity contribution in [2.75, 3.05) is 39.8 Å². The summed E-state index contributed by atoms with van der Waals surface area (Å²) in [5.74, 6) is 0.320. The molecule has 6 heteroatoms. The van der Waals surface area contributed by atoms with E-state index in [4.69, 9.17) is 0 Å². The number of hydrogen-bond donors (Lipinski definition) is 2. The van der Waals surface area contributed by atoms with E-state index in [0.29, 0.717) is 12.5 Å². The Balaban J connectivity index is 2.32. The Labute approximate surface area is 108 Å². The van der Waals surface area contributed by atoms with Gasteiger partial charge in [-0.1, -0.05) is 13.8 Å². The Kier molecular flexibility index (Phi) is 5.55. The summed E-state index contributed by atoms with van der Waals surface area (Å²) in [6, 6.07) is 0. The lowest BCUT2D eigenvalue weighted by atomic mass is 10.2. The Morgan fingerprint density at radius 3 is 2.50 bits per heavy atom. The summed E-state index contributed by atoms with van der Waals surface area (Å²) in [6.45, 7) is 5.81. The van der Waals surface area contributed by atoms with E-state index >= 15 is 0 Å². The lowest BCUT2D eigenvalue weighted by molar-refractivity contribution is -0.149. The van der Waals surface area contributed by atoms with Gasteiger partial charge >= 0.3 is 0 Å². The number of carbonyl (C=O) groups is 2. The van der Waals surface area contributed by atoms with Crippen molar-refractivity contribution in [3.8, 4) is 0 Å². The number of nitrogens with zero attached hydrogens (tertiary/aromatic N) is 2. The van der Waals surface area contributed by atoms with Gasteiger partial charge < -0.3 is 20.2 Å². The second kappa shape index (κ2) is 6.70. The number of aliphatic hydroxyl groups is 1. The van der Waals surface area contributed by atoms with Crippen LogP contribution in [0, 0.1) is 5.92 Å². The van der Waals surface area contributed by atoms with Gasteiger partial charge in [0.15, 0.2) is 0 Å². The van der Waals surface area contributed by atoms with Crippen LogP contribution in [0.15, 0.2) is 0 Å². The molecular formula is C12H23N3O3. The molecule has 1 heterocycles. The number of carbonyl (C=O) groups excluding carboxylic acids is 2. The second-order valence-electron chi connectivity index (χ2n) is 5.23. The van der Waals surface area contributed by atoms with Crippen molar-refractivity contribution in [1.29, 1.82) is 0 Å². The largest absolute Gasteiger partial charge is 0.390 e. The van der Waals surface area contributed by atoms with E-state index in [0.717, 1.165) is 6.54 Å². The number of hydrogen-bond acceptors (Lipinski definition) is 4. The van der Waals surface area contributed by atoms with E-state index in [2.05, 4.69) is 19.2 Å². The van der Waals surface area contributed by atoms with Crippen molar-refractivity contribution in [1.82, 2.24) is 15.1 Å². The first kappa shape index (κ1) is 14.9. The summed E-state index contributed by atoms with van der Waals surface area (Å²) in [6.07, 6.45) is -0.635. The SMILES string of the molecule is CC(C)CNCC(O)CN1CC(=O)N(C)CC1=O. The maximum absolute atomic E-state index is 11.7. The van der Waals surface area contributed by atoms with E-state index in [-0.39, 0.29) is 31.4 Å². The van der Waals surface area contributed by atoms with Crippen LogP contribution >= 0.6 is 0 Å². The number of piperazine rings is 1. The summed E-state index contributed by atoms with van der Waals surface area (Å²) in [5, 5.41) is 12.9. The van der Waals surface area contributed by atoms with Crippen molar-refractivity contribution in [2.45, 2.75) is 20.0 Å². The van der Waals surface area contributed by atoms with Gasteiger partial charge in [0.05, 0.1) is 19.2 Å². The number of likely N-dealkylation sites (N-methyl/N-ethyl adjacent to an activating group) is 1. The average molecular weight is 257 g/mol. The van der Waals surface area contributed by atoms with Gasteiger partial charge in [-0.25, -0.2) is 0 Å². The maximum atomic E-state index is 11.7. The van der Waals surface area contributed by atoms with E-state index in [1.807, 2.05) is 0 Å². The zero-order chi connectivity index (χ0) is 13.7. The zero-order valence-electron chi connectivity index (χ0n) is 11.3. The van der Waals surface area contributed by atoms with Gasteiger partial charge in [0.2, 0.25) is 11.8 Å². The maximum Gasteiger partial charge on any atom is 0.242 e. The summed E-state index contributed by atoms with van der Waals surface area (Å²) in [7, 11) is 1.61. The fourth-order valence-corrected chi connectivity index (χ4v) is 1.79. The third kappa shape index (κ3) is 4.62. The molecule has 1 atom stereocenters. The van der Waals surface area contributed by atoms with Crippen molar-refractivity contribution in [3.05, 3.63) is 0 Å². The van der Waals surface area contributed by atoms with Crippen molar-refractivity contribution in [2.24, 2.45) is 5.92 Å². The molecule has 104 valence electrons. The summed E-state index contributed by atoms with van der Waals surface area (Å²) < 4.78 is 0. The fraction of sp³-hybridized carbons (Fsp3) is 0.833. The molecule has 0 aromatic heterocycles. The lowest BCUT2D eigenvalue weighted by Gasteiger charge is -2.32. The lowest BCUT2D eigenvalue weighted by Crippen LogP contribution is -2.54. The highest BCUT2D eigenvalue weighted by atomic mass is 16.3. The predicted molar refractivity (Wildman–Crippen MR) is 67.9 cm³/mol. The van der Waals surface area contributed by atoms with Gasteiger partial charge in [-0.2, -0.15) is 0 Å². The molecule has 0 spiro atoms. The quantitative estimate of drug-likeness (QED) is 0.633. The molecule has 18 heavy (non-hydrogen) atoms. The number of aliphatic hydroxyl groups excluding tert-OH is 1. The molecule has 2 amide bonds. The van der Waals surface area contributed by atoms with Gasteiger partial charge in [0, 0.05) is 20.1 Å². The molecule has 1 aliphatic heterocycles. The average Bonchev–Trinajstić information content (AvgIpc) is 2.25. The fourth-order valence-electron chi connectivity index (χ4n) is 1.79. The van der Waals surface area contributed by atoms with E-state index in [9.17, 15) is 14.7 Å². The highest BCUT2D eigenvalue weighted by molar-refractivity contribution is 5.92. The highest BCUT2D eigenvalue weighted by Gasteiger charge is 2.28. The molecule has 0 aliphatic carbocycles.